The zero-order chi connectivity index (χ0) is 13.7. The van der Waals surface area contributed by atoms with Crippen LogP contribution >= 0.6 is 11.3 Å². The largest absolute Gasteiger partial charge is 0.379 e. The van der Waals surface area contributed by atoms with E-state index in [4.69, 9.17) is 4.74 Å². The first-order valence-electron chi connectivity index (χ1n) is 6.26. The zero-order valence-electron chi connectivity index (χ0n) is 10.9. The molecule has 0 aromatic carbocycles. The van der Waals surface area contributed by atoms with E-state index in [0.29, 0.717) is 37.1 Å². The smallest absolute Gasteiger partial charge is 0.262 e. The van der Waals surface area contributed by atoms with Gasteiger partial charge in [0.1, 0.15) is 4.21 Å². The lowest BCUT2D eigenvalue weighted by Crippen LogP contribution is -2.48. The van der Waals surface area contributed by atoms with Gasteiger partial charge in [0.05, 0.1) is 13.2 Å². The third-order valence-corrected chi connectivity index (χ3v) is 5.66. The predicted molar refractivity (Wildman–Crippen MR) is 74.4 cm³/mol. The van der Waals surface area contributed by atoms with Crippen molar-refractivity contribution in [2.45, 2.75) is 17.7 Å². The summed E-state index contributed by atoms with van der Waals surface area (Å²) in [6, 6.07) is 3.50. The first-order valence-corrected chi connectivity index (χ1v) is 8.56. The van der Waals surface area contributed by atoms with Gasteiger partial charge in [0, 0.05) is 24.5 Å². The van der Waals surface area contributed by atoms with E-state index in [1.54, 1.807) is 11.1 Å². The Kier molecular flexibility index (Phi) is 5.31. The van der Waals surface area contributed by atoms with Crippen LogP contribution in [0.25, 0.3) is 0 Å². The second-order valence-corrected chi connectivity index (χ2v) is 7.25. The first kappa shape index (κ1) is 14.9. The lowest BCUT2D eigenvalue weighted by molar-refractivity contribution is 0.0272. The van der Waals surface area contributed by atoms with Gasteiger partial charge in [0.15, 0.2) is 0 Å². The minimum absolute atomic E-state index is 0.354. The summed E-state index contributed by atoms with van der Waals surface area (Å²) < 4.78 is 29.9. The Morgan fingerprint density at radius 3 is 2.79 bits per heavy atom. The van der Waals surface area contributed by atoms with Gasteiger partial charge in [0.2, 0.25) is 0 Å². The van der Waals surface area contributed by atoms with Crippen LogP contribution in [-0.4, -0.2) is 46.3 Å². The molecule has 1 saturated heterocycles. The molecule has 6 nitrogen and oxygen atoms in total. The minimum atomic E-state index is -3.45. The van der Waals surface area contributed by atoms with E-state index in [0.717, 1.165) is 11.4 Å². The van der Waals surface area contributed by atoms with Crippen LogP contribution in [0.15, 0.2) is 16.3 Å². The average molecular weight is 305 g/mol. The number of hydrazine groups is 1. The van der Waals surface area contributed by atoms with Gasteiger partial charge < -0.3 is 10.1 Å². The van der Waals surface area contributed by atoms with Crippen LogP contribution in [0.2, 0.25) is 0 Å². The molecule has 1 aromatic heterocycles. The number of ether oxygens (including phenoxy) is 1. The molecular weight excluding hydrogens is 286 g/mol. The number of nitrogens with one attached hydrogen (secondary N) is 2. The maximum absolute atomic E-state index is 12.2. The molecule has 0 bridgehead atoms. The van der Waals surface area contributed by atoms with E-state index in [1.807, 2.05) is 13.0 Å². The molecule has 0 saturated carbocycles. The van der Waals surface area contributed by atoms with E-state index >= 15 is 0 Å². The SMILES string of the molecule is CCNCc1ccc(S(=O)(=O)NN2CCOCC2)s1. The van der Waals surface area contributed by atoms with Crippen LogP contribution in [-0.2, 0) is 21.3 Å². The fourth-order valence-corrected chi connectivity index (χ4v) is 4.15. The number of morpholine rings is 1. The molecule has 0 radical (unpaired) electrons. The topological polar surface area (TPSA) is 70.7 Å². The van der Waals surface area contributed by atoms with E-state index in [-0.39, 0.29) is 0 Å². The van der Waals surface area contributed by atoms with Gasteiger partial charge in [-0.2, -0.15) is 0 Å². The van der Waals surface area contributed by atoms with Crippen molar-refractivity contribution in [2.24, 2.45) is 0 Å². The molecule has 2 rings (SSSR count). The van der Waals surface area contributed by atoms with E-state index < -0.39 is 10.0 Å². The number of rotatable bonds is 6. The van der Waals surface area contributed by atoms with Gasteiger partial charge in [-0.05, 0) is 18.7 Å². The van der Waals surface area contributed by atoms with Crippen LogP contribution in [0.4, 0.5) is 0 Å². The van der Waals surface area contributed by atoms with Crippen molar-refractivity contribution in [3.8, 4) is 0 Å². The molecule has 1 aliphatic rings. The molecule has 1 aromatic rings. The van der Waals surface area contributed by atoms with E-state index in [2.05, 4.69) is 10.1 Å². The molecule has 19 heavy (non-hydrogen) atoms. The van der Waals surface area contributed by atoms with E-state index in [1.165, 1.54) is 11.3 Å². The lowest BCUT2D eigenvalue weighted by Gasteiger charge is -2.26. The number of sulfonamides is 1. The van der Waals surface area contributed by atoms with Crippen molar-refractivity contribution < 1.29 is 13.2 Å². The van der Waals surface area contributed by atoms with Crippen LogP contribution in [0.3, 0.4) is 0 Å². The molecule has 2 N–H and O–H groups in total. The summed E-state index contributed by atoms with van der Waals surface area (Å²) in [7, 11) is -3.45. The summed E-state index contributed by atoms with van der Waals surface area (Å²) in [6.07, 6.45) is 0. The molecule has 0 aliphatic carbocycles. The van der Waals surface area contributed by atoms with Gasteiger partial charge in [0.25, 0.3) is 10.0 Å². The summed E-state index contributed by atoms with van der Waals surface area (Å²) in [4.78, 5) is 3.61. The number of nitrogens with zero attached hydrogens (tertiary/aromatic N) is 1. The number of hydrogen-bond donors (Lipinski definition) is 2. The minimum Gasteiger partial charge on any atom is -0.379 e. The molecule has 0 amide bonds. The highest BCUT2D eigenvalue weighted by atomic mass is 32.2. The van der Waals surface area contributed by atoms with Gasteiger partial charge in [-0.3, -0.25) is 0 Å². The van der Waals surface area contributed by atoms with Crippen molar-refractivity contribution in [3.05, 3.63) is 17.0 Å². The summed E-state index contributed by atoms with van der Waals surface area (Å²) in [5.41, 5.74) is 0. The van der Waals surface area contributed by atoms with Crippen molar-refractivity contribution in [1.29, 1.82) is 0 Å². The summed E-state index contributed by atoms with van der Waals surface area (Å²) in [5, 5.41) is 4.86. The second kappa shape index (κ2) is 6.78. The monoisotopic (exact) mass is 305 g/mol. The van der Waals surface area contributed by atoms with Gasteiger partial charge in [-0.25, -0.2) is 13.4 Å². The molecule has 0 spiro atoms. The van der Waals surface area contributed by atoms with Crippen LogP contribution < -0.4 is 10.1 Å². The first-order chi connectivity index (χ1) is 9.12. The van der Waals surface area contributed by atoms with Gasteiger partial charge in [-0.1, -0.05) is 6.92 Å². The normalized spacial score (nSPS) is 17.7. The van der Waals surface area contributed by atoms with Gasteiger partial charge in [-0.15, -0.1) is 16.2 Å². The molecule has 1 fully saturated rings. The maximum atomic E-state index is 12.2. The Morgan fingerprint density at radius 1 is 1.37 bits per heavy atom. The zero-order valence-corrected chi connectivity index (χ0v) is 12.5. The van der Waals surface area contributed by atoms with Gasteiger partial charge >= 0.3 is 0 Å². The Bertz CT molecular complexity index is 495. The lowest BCUT2D eigenvalue weighted by atomic mass is 10.4. The average Bonchev–Trinajstić information content (AvgIpc) is 2.86. The highest BCUT2D eigenvalue weighted by Crippen LogP contribution is 2.21. The third-order valence-electron chi connectivity index (χ3n) is 2.71. The standard InChI is InChI=1S/C11H19N3O3S2/c1-2-12-9-10-3-4-11(18-10)19(15,16)13-14-5-7-17-8-6-14/h3-4,12-13H,2,5-9H2,1H3. The highest BCUT2D eigenvalue weighted by molar-refractivity contribution is 7.91. The van der Waals surface area contributed by atoms with Crippen LogP contribution in [0.5, 0.6) is 0 Å². The Labute approximate surface area is 117 Å². The van der Waals surface area contributed by atoms with Crippen molar-refractivity contribution >= 4 is 21.4 Å². The fraction of sp³-hybridized carbons (Fsp3) is 0.636. The summed E-state index contributed by atoms with van der Waals surface area (Å²) in [5.74, 6) is 0. The Balaban J connectivity index is 1.99. The molecule has 0 unspecified atom stereocenters. The Hall–Kier alpha value is -0.510. The molecular formula is C11H19N3O3S2. The fourth-order valence-electron chi connectivity index (χ4n) is 1.72. The predicted octanol–water partition coefficient (Wildman–Crippen LogP) is 0.383. The van der Waals surface area contributed by atoms with E-state index in [9.17, 15) is 8.42 Å². The molecule has 0 atom stereocenters. The third kappa shape index (κ3) is 4.23. The number of thiophene rings is 1. The van der Waals surface area contributed by atoms with Crippen LogP contribution in [0.1, 0.15) is 11.8 Å². The van der Waals surface area contributed by atoms with Crippen molar-refractivity contribution in [3.63, 3.8) is 0 Å². The quantitative estimate of drug-likeness (QED) is 0.795. The highest BCUT2D eigenvalue weighted by Gasteiger charge is 2.21. The number of hydrogen-bond acceptors (Lipinski definition) is 6. The summed E-state index contributed by atoms with van der Waals surface area (Å²) >= 11 is 1.30. The Morgan fingerprint density at radius 2 is 2.11 bits per heavy atom. The second-order valence-electron chi connectivity index (χ2n) is 4.20. The molecule has 8 heteroatoms. The molecule has 2 heterocycles. The van der Waals surface area contributed by atoms with Crippen LogP contribution in [0, 0.1) is 0 Å². The van der Waals surface area contributed by atoms with Crippen molar-refractivity contribution in [2.75, 3.05) is 32.8 Å². The van der Waals surface area contributed by atoms with Crippen molar-refractivity contribution in [1.82, 2.24) is 15.2 Å². The summed E-state index contributed by atoms with van der Waals surface area (Å²) in [6.45, 7) is 5.85. The molecule has 108 valence electrons. The maximum Gasteiger partial charge on any atom is 0.262 e. The molecule has 1 aliphatic heterocycles.